The number of benzene rings is 1. The molecule has 0 amide bonds. The number of rotatable bonds is 5. The van der Waals surface area contributed by atoms with Gasteiger partial charge >= 0.3 is 5.97 Å². The van der Waals surface area contributed by atoms with Crippen LogP contribution in [0, 0.1) is 24.2 Å². The van der Waals surface area contributed by atoms with Crippen molar-refractivity contribution in [2.45, 2.75) is 45.1 Å². The number of nitriles is 1. The van der Waals surface area contributed by atoms with E-state index in [0.717, 1.165) is 23.4 Å². The lowest BCUT2D eigenvalue weighted by atomic mass is 9.92. The number of aromatic nitrogens is 1. The molecule has 0 spiro atoms. The molecule has 31 heavy (non-hydrogen) atoms. The van der Waals surface area contributed by atoms with Crippen LogP contribution >= 0.6 is 0 Å². The fourth-order valence-electron chi connectivity index (χ4n) is 4.58. The maximum absolute atomic E-state index is 12.0. The Balaban J connectivity index is 1.71. The summed E-state index contributed by atoms with van der Waals surface area (Å²) in [6.07, 6.45) is 5.65. The van der Waals surface area contributed by atoms with Gasteiger partial charge in [-0.25, -0.2) is 9.78 Å². The third-order valence-electron chi connectivity index (χ3n) is 6.24. The monoisotopic (exact) mass is 418 g/mol. The van der Waals surface area contributed by atoms with Crippen molar-refractivity contribution >= 4 is 17.4 Å². The molecule has 1 aliphatic heterocycles. The highest BCUT2D eigenvalue weighted by molar-refractivity contribution is 6.02. The van der Waals surface area contributed by atoms with Crippen LogP contribution < -0.4 is 9.75 Å². The fraction of sp³-hybridized carbons (Fsp3) is 0.417. The van der Waals surface area contributed by atoms with Gasteiger partial charge in [0.2, 0.25) is 5.88 Å². The second kappa shape index (κ2) is 8.76. The largest absolute Gasteiger partial charge is 0.480 e. The van der Waals surface area contributed by atoms with Crippen LogP contribution in [0.25, 0.3) is 0 Å². The highest BCUT2D eigenvalue weighted by Gasteiger charge is 2.36. The number of hydrazone groups is 1. The third kappa shape index (κ3) is 3.98. The first-order valence-electron chi connectivity index (χ1n) is 10.6. The lowest BCUT2D eigenvalue weighted by Crippen LogP contribution is -2.32. The van der Waals surface area contributed by atoms with E-state index in [1.807, 2.05) is 25.1 Å². The quantitative estimate of drug-likeness (QED) is 0.675. The minimum Gasteiger partial charge on any atom is -0.480 e. The number of hydrogen-bond donors (Lipinski definition) is 0. The zero-order chi connectivity index (χ0) is 22.0. The van der Waals surface area contributed by atoms with Crippen molar-refractivity contribution in [2.75, 3.05) is 19.2 Å². The number of hydrogen-bond acceptors (Lipinski definition) is 7. The van der Waals surface area contributed by atoms with Crippen molar-refractivity contribution in [3.05, 3.63) is 52.7 Å². The van der Waals surface area contributed by atoms with Gasteiger partial charge < -0.3 is 9.47 Å². The molecule has 1 saturated carbocycles. The highest BCUT2D eigenvalue weighted by Crippen LogP contribution is 2.38. The van der Waals surface area contributed by atoms with Crippen molar-refractivity contribution in [2.24, 2.45) is 11.0 Å². The van der Waals surface area contributed by atoms with Crippen molar-refractivity contribution in [1.82, 2.24) is 4.98 Å². The number of nitrogens with zero attached hydrogens (tertiary/aromatic N) is 4. The molecule has 1 atom stereocenters. The van der Waals surface area contributed by atoms with E-state index in [4.69, 9.17) is 14.6 Å². The molecule has 2 aromatic rings. The van der Waals surface area contributed by atoms with Gasteiger partial charge in [0.1, 0.15) is 5.56 Å². The van der Waals surface area contributed by atoms with Crippen LogP contribution in [0.15, 0.2) is 35.4 Å². The average molecular weight is 418 g/mol. The highest BCUT2D eigenvalue weighted by atomic mass is 16.5. The molecule has 7 heteroatoms. The Bertz CT molecular complexity index is 1070. The predicted molar refractivity (Wildman–Crippen MR) is 117 cm³/mol. The van der Waals surface area contributed by atoms with Gasteiger partial charge in [-0.1, -0.05) is 12.8 Å². The Morgan fingerprint density at radius 3 is 2.61 bits per heavy atom. The molecule has 4 rings (SSSR count). The average Bonchev–Trinajstić information content (AvgIpc) is 3.48. The number of aryl methyl sites for hydroxylation is 1. The van der Waals surface area contributed by atoms with Crippen molar-refractivity contribution in [3.8, 4) is 11.9 Å². The van der Waals surface area contributed by atoms with Crippen LogP contribution in [-0.2, 0) is 4.74 Å². The number of pyridine rings is 1. The lowest BCUT2D eigenvalue weighted by molar-refractivity contribution is 0.0596. The summed E-state index contributed by atoms with van der Waals surface area (Å²) >= 11 is 0. The summed E-state index contributed by atoms with van der Waals surface area (Å²) in [5.41, 5.74) is 4.46. The van der Waals surface area contributed by atoms with Gasteiger partial charge in [0.15, 0.2) is 0 Å². The molecular formula is C24H26N4O3. The van der Waals surface area contributed by atoms with Crippen LogP contribution in [0.1, 0.15) is 59.3 Å². The van der Waals surface area contributed by atoms with E-state index in [2.05, 4.69) is 16.1 Å². The standard InChI is InChI=1S/C24H26N4O3/c1-15-12-18(9-8-17(15)14-25)28-22(16-6-4-5-7-16)13-21(27-28)20-11-10-19(24(29)31-3)23(26-20)30-2/h8-12,16,22H,4-7,13H2,1-3H3. The number of anilines is 1. The van der Waals surface area contributed by atoms with Crippen LogP contribution in [0.2, 0.25) is 0 Å². The zero-order valence-corrected chi connectivity index (χ0v) is 18.1. The smallest absolute Gasteiger partial charge is 0.343 e. The molecule has 0 radical (unpaired) electrons. The topological polar surface area (TPSA) is 87.8 Å². The molecular weight excluding hydrogens is 392 g/mol. The molecule has 1 fully saturated rings. The van der Waals surface area contributed by atoms with Gasteiger partial charge in [0, 0.05) is 6.42 Å². The van der Waals surface area contributed by atoms with E-state index in [9.17, 15) is 10.1 Å². The molecule has 7 nitrogen and oxygen atoms in total. The molecule has 2 aliphatic rings. The number of esters is 1. The first-order valence-corrected chi connectivity index (χ1v) is 10.6. The first-order chi connectivity index (χ1) is 15.0. The summed E-state index contributed by atoms with van der Waals surface area (Å²) in [6.45, 7) is 1.95. The molecule has 0 saturated heterocycles. The van der Waals surface area contributed by atoms with E-state index in [1.54, 1.807) is 12.1 Å². The van der Waals surface area contributed by atoms with Crippen LogP contribution in [0.5, 0.6) is 5.88 Å². The molecule has 2 heterocycles. The van der Waals surface area contributed by atoms with Gasteiger partial charge in [-0.05, 0) is 61.6 Å². The van der Waals surface area contributed by atoms with Crippen molar-refractivity contribution < 1.29 is 14.3 Å². The third-order valence-corrected chi connectivity index (χ3v) is 6.24. The molecule has 1 aromatic heterocycles. The summed E-state index contributed by atoms with van der Waals surface area (Å²) in [6, 6.07) is 11.8. The number of ether oxygens (including phenoxy) is 2. The minimum atomic E-state index is -0.484. The predicted octanol–water partition coefficient (Wildman–Crippen LogP) is 4.23. The number of methoxy groups -OCH3 is 2. The van der Waals surface area contributed by atoms with Gasteiger partial charge in [-0.3, -0.25) is 5.01 Å². The maximum atomic E-state index is 12.0. The van der Waals surface area contributed by atoms with Gasteiger partial charge in [-0.2, -0.15) is 10.4 Å². The summed E-state index contributed by atoms with van der Waals surface area (Å²) in [7, 11) is 2.82. The Hall–Kier alpha value is -3.40. The molecule has 1 aliphatic carbocycles. The van der Waals surface area contributed by atoms with Crippen LogP contribution in [-0.4, -0.2) is 36.9 Å². The van der Waals surface area contributed by atoms with Gasteiger partial charge in [0.25, 0.3) is 0 Å². The Labute approximate surface area is 182 Å². The lowest BCUT2D eigenvalue weighted by Gasteiger charge is -2.28. The van der Waals surface area contributed by atoms with Gasteiger partial charge in [-0.15, -0.1) is 0 Å². The normalized spacial score (nSPS) is 18.6. The summed E-state index contributed by atoms with van der Waals surface area (Å²) < 4.78 is 10.2. The van der Waals surface area contributed by atoms with E-state index in [-0.39, 0.29) is 11.9 Å². The fourth-order valence-corrected chi connectivity index (χ4v) is 4.58. The first kappa shape index (κ1) is 20.9. The molecule has 0 N–H and O–H groups in total. The van der Waals surface area contributed by atoms with E-state index in [1.165, 1.54) is 39.9 Å². The number of carbonyl (C=O) groups is 1. The second-order valence-electron chi connectivity index (χ2n) is 8.06. The Morgan fingerprint density at radius 1 is 1.19 bits per heavy atom. The van der Waals surface area contributed by atoms with Crippen molar-refractivity contribution in [3.63, 3.8) is 0 Å². The van der Waals surface area contributed by atoms with E-state index >= 15 is 0 Å². The SMILES string of the molecule is COC(=O)c1ccc(C2=NN(c3ccc(C#N)c(C)c3)C(C3CCCC3)C2)nc1OC. The maximum Gasteiger partial charge on any atom is 0.343 e. The van der Waals surface area contributed by atoms with Gasteiger partial charge in [0.05, 0.1) is 49.0 Å². The van der Waals surface area contributed by atoms with E-state index in [0.29, 0.717) is 22.7 Å². The molecule has 160 valence electrons. The van der Waals surface area contributed by atoms with Crippen molar-refractivity contribution in [1.29, 1.82) is 5.26 Å². The molecule has 0 bridgehead atoms. The van der Waals surface area contributed by atoms with E-state index < -0.39 is 5.97 Å². The summed E-state index contributed by atoms with van der Waals surface area (Å²) in [5, 5.41) is 16.3. The molecule has 1 aromatic carbocycles. The Morgan fingerprint density at radius 2 is 1.97 bits per heavy atom. The Kier molecular flexibility index (Phi) is 5.90. The van der Waals surface area contributed by atoms with Crippen LogP contribution in [0.4, 0.5) is 5.69 Å². The number of carbonyl (C=O) groups excluding carboxylic acids is 1. The second-order valence-corrected chi connectivity index (χ2v) is 8.06. The van der Waals surface area contributed by atoms with Crippen LogP contribution in [0.3, 0.4) is 0 Å². The summed E-state index contributed by atoms with van der Waals surface area (Å²) in [4.78, 5) is 16.5. The zero-order valence-electron chi connectivity index (χ0n) is 18.1. The minimum absolute atomic E-state index is 0.233. The molecule has 1 unspecified atom stereocenters. The summed E-state index contributed by atoms with van der Waals surface area (Å²) in [5.74, 6) is 0.313.